The van der Waals surface area contributed by atoms with Gasteiger partial charge in [-0.1, -0.05) is 0 Å². The summed E-state index contributed by atoms with van der Waals surface area (Å²) in [7, 11) is 0. The molecule has 1 saturated heterocycles. The lowest BCUT2D eigenvalue weighted by molar-refractivity contribution is -0.133. The van der Waals surface area contributed by atoms with Gasteiger partial charge in [-0.15, -0.1) is 0 Å². The lowest BCUT2D eigenvalue weighted by Crippen LogP contribution is -2.45. The molecule has 0 radical (unpaired) electrons. The zero-order valence-electron chi connectivity index (χ0n) is 12.2. The standard InChI is InChI=1S/C13H26N2O5/c1-12(14)13(16)15-2-4-17-6-8-19-10-11-20-9-7-18-5-3-15/h12H,2-11,14H2,1H3/t12-/m0/s1. The van der Waals surface area contributed by atoms with Gasteiger partial charge in [0.25, 0.3) is 0 Å². The molecule has 20 heavy (non-hydrogen) atoms. The van der Waals surface area contributed by atoms with E-state index in [1.54, 1.807) is 11.8 Å². The highest BCUT2D eigenvalue weighted by Gasteiger charge is 2.16. The first-order valence-electron chi connectivity index (χ1n) is 7.07. The summed E-state index contributed by atoms with van der Waals surface area (Å²) in [6.45, 7) is 6.84. The number of ether oxygens (including phenoxy) is 4. The van der Waals surface area contributed by atoms with Crippen LogP contribution in [0.15, 0.2) is 0 Å². The fraction of sp³-hybridized carbons (Fsp3) is 0.923. The number of hydrogen-bond donors (Lipinski definition) is 1. The number of carbonyl (C=O) groups excluding carboxylic acids is 1. The van der Waals surface area contributed by atoms with Gasteiger partial charge in [0.1, 0.15) is 0 Å². The van der Waals surface area contributed by atoms with E-state index in [2.05, 4.69) is 0 Å². The molecule has 0 aromatic carbocycles. The molecule has 1 rings (SSSR count). The molecular weight excluding hydrogens is 264 g/mol. The van der Waals surface area contributed by atoms with Crippen molar-refractivity contribution < 1.29 is 23.7 Å². The molecule has 0 aliphatic carbocycles. The van der Waals surface area contributed by atoms with Crippen molar-refractivity contribution in [1.82, 2.24) is 4.90 Å². The van der Waals surface area contributed by atoms with Gasteiger partial charge in [0.15, 0.2) is 0 Å². The van der Waals surface area contributed by atoms with E-state index < -0.39 is 6.04 Å². The van der Waals surface area contributed by atoms with Crippen molar-refractivity contribution >= 4 is 5.91 Å². The summed E-state index contributed by atoms with van der Waals surface area (Å²) in [5.74, 6) is -0.0889. The smallest absolute Gasteiger partial charge is 0.239 e. The largest absolute Gasteiger partial charge is 0.377 e. The van der Waals surface area contributed by atoms with Crippen LogP contribution in [0.5, 0.6) is 0 Å². The average Bonchev–Trinajstić information content (AvgIpc) is 2.44. The summed E-state index contributed by atoms with van der Waals surface area (Å²) in [6, 6.07) is -0.510. The molecule has 0 spiro atoms. The van der Waals surface area contributed by atoms with E-state index in [1.165, 1.54) is 0 Å². The minimum absolute atomic E-state index is 0.0889. The Morgan fingerprint density at radius 2 is 1.20 bits per heavy atom. The van der Waals surface area contributed by atoms with Crippen molar-refractivity contribution in [3.05, 3.63) is 0 Å². The Hall–Kier alpha value is -0.730. The van der Waals surface area contributed by atoms with Gasteiger partial charge in [0, 0.05) is 13.1 Å². The van der Waals surface area contributed by atoms with Gasteiger partial charge >= 0.3 is 0 Å². The van der Waals surface area contributed by atoms with Crippen LogP contribution < -0.4 is 5.73 Å². The molecule has 0 unspecified atom stereocenters. The lowest BCUT2D eigenvalue weighted by atomic mass is 10.3. The van der Waals surface area contributed by atoms with Crippen LogP contribution in [-0.4, -0.2) is 82.8 Å². The summed E-state index contributed by atoms with van der Waals surface area (Å²) in [5.41, 5.74) is 5.64. The highest BCUT2D eigenvalue weighted by Crippen LogP contribution is 1.95. The maximum atomic E-state index is 11.9. The zero-order chi connectivity index (χ0) is 14.6. The van der Waals surface area contributed by atoms with Crippen LogP contribution >= 0.6 is 0 Å². The third kappa shape index (κ3) is 7.76. The molecule has 118 valence electrons. The Morgan fingerprint density at radius 1 is 0.850 bits per heavy atom. The number of carbonyl (C=O) groups is 1. The van der Waals surface area contributed by atoms with Gasteiger partial charge in [-0.2, -0.15) is 0 Å². The first-order chi connectivity index (χ1) is 9.72. The van der Waals surface area contributed by atoms with Crippen LogP contribution in [0.2, 0.25) is 0 Å². The van der Waals surface area contributed by atoms with Crippen LogP contribution in [-0.2, 0) is 23.7 Å². The van der Waals surface area contributed by atoms with Crippen molar-refractivity contribution in [3.8, 4) is 0 Å². The van der Waals surface area contributed by atoms with Crippen LogP contribution in [0.4, 0.5) is 0 Å². The molecular formula is C13H26N2O5. The van der Waals surface area contributed by atoms with Gasteiger partial charge in [0.05, 0.1) is 58.9 Å². The first-order valence-corrected chi connectivity index (χ1v) is 7.07. The second-order valence-corrected chi connectivity index (χ2v) is 4.56. The highest BCUT2D eigenvalue weighted by atomic mass is 16.6. The molecule has 0 aromatic heterocycles. The molecule has 1 aliphatic rings. The van der Waals surface area contributed by atoms with E-state index in [0.29, 0.717) is 65.9 Å². The van der Waals surface area contributed by atoms with Gasteiger partial charge < -0.3 is 29.6 Å². The topological polar surface area (TPSA) is 83.3 Å². The Bertz CT molecular complexity index is 247. The van der Waals surface area contributed by atoms with Gasteiger partial charge in [-0.3, -0.25) is 4.79 Å². The summed E-state index contributed by atoms with van der Waals surface area (Å²) in [6.07, 6.45) is 0. The van der Waals surface area contributed by atoms with E-state index in [4.69, 9.17) is 24.7 Å². The van der Waals surface area contributed by atoms with E-state index in [1.807, 2.05) is 0 Å². The molecule has 7 nitrogen and oxygen atoms in total. The third-order valence-electron chi connectivity index (χ3n) is 2.83. The van der Waals surface area contributed by atoms with Crippen molar-refractivity contribution in [2.45, 2.75) is 13.0 Å². The molecule has 0 bridgehead atoms. The average molecular weight is 290 g/mol. The number of hydrogen-bond acceptors (Lipinski definition) is 6. The number of nitrogens with zero attached hydrogens (tertiary/aromatic N) is 1. The van der Waals surface area contributed by atoms with Gasteiger partial charge in [0.2, 0.25) is 5.91 Å². The Morgan fingerprint density at radius 3 is 1.55 bits per heavy atom. The quantitative estimate of drug-likeness (QED) is 0.683. The van der Waals surface area contributed by atoms with Crippen LogP contribution in [0, 0.1) is 0 Å². The zero-order valence-corrected chi connectivity index (χ0v) is 12.2. The summed E-state index contributed by atoms with van der Waals surface area (Å²) in [5, 5.41) is 0. The summed E-state index contributed by atoms with van der Waals surface area (Å²) in [4.78, 5) is 13.6. The molecule has 0 aromatic rings. The molecule has 2 N–H and O–H groups in total. The van der Waals surface area contributed by atoms with Gasteiger partial charge in [-0.25, -0.2) is 0 Å². The second-order valence-electron chi connectivity index (χ2n) is 4.56. The van der Waals surface area contributed by atoms with Crippen molar-refractivity contribution in [2.75, 3.05) is 65.9 Å². The van der Waals surface area contributed by atoms with Crippen molar-refractivity contribution in [3.63, 3.8) is 0 Å². The van der Waals surface area contributed by atoms with Crippen LogP contribution in [0.25, 0.3) is 0 Å². The molecule has 1 atom stereocenters. The third-order valence-corrected chi connectivity index (χ3v) is 2.83. The maximum Gasteiger partial charge on any atom is 0.239 e. The number of nitrogens with two attached hydrogens (primary N) is 1. The molecule has 7 heteroatoms. The second kappa shape index (κ2) is 11.0. The van der Waals surface area contributed by atoms with Crippen molar-refractivity contribution in [1.29, 1.82) is 0 Å². The Kier molecular flexibility index (Phi) is 9.52. The van der Waals surface area contributed by atoms with Crippen LogP contribution in [0.3, 0.4) is 0 Å². The summed E-state index contributed by atoms with van der Waals surface area (Å²) >= 11 is 0. The van der Waals surface area contributed by atoms with Crippen LogP contribution in [0.1, 0.15) is 6.92 Å². The SMILES string of the molecule is C[C@H](N)C(=O)N1CCOCCOCCOCCOCC1. The molecule has 0 saturated carbocycles. The molecule has 1 fully saturated rings. The van der Waals surface area contributed by atoms with E-state index in [9.17, 15) is 4.79 Å². The molecule has 1 heterocycles. The first kappa shape index (κ1) is 17.3. The Labute approximate surface area is 120 Å². The van der Waals surface area contributed by atoms with E-state index >= 15 is 0 Å². The fourth-order valence-corrected chi connectivity index (χ4v) is 1.73. The summed E-state index contributed by atoms with van der Waals surface area (Å²) < 4.78 is 21.5. The molecule has 1 aliphatic heterocycles. The predicted molar refractivity (Wildman–Crippen MR) is 73.5 cm³/mol. The number of amides is 1. The normalized spacial score (nSPS) is 22.6. The maximum absolute atomic E-state index is 11.9. The lowest BCUT2D eigenvalue weighted by Gasteiger charge is -2.24. The number of rotatable bonds is 1. The minimum Gasteiger partial charge on any atom is -0.377 e. The Balaban J connectivity index is 2.38. The van der Waals surface area contributed by atoms with Crippen molar-refractivity contribution in [2.24, 2.45) is 5.73 Å². The molecule has 1 amide bonds. The predicted octanol–water partition coefficient (Wildman–Crippen LogP) is -0.758. The fourth-order valence-electron chi connectivity index (χ4n) is 1.73. The monoisotopic (exact) mass is 290 g/mol. The highest BCUT2D eigenvalue weighted by molar-refractivity contribution is 5.81. The van der Waals surface area contributed by atoms with Gasteiger partial charge in [-0.05, 0) is 6.92 Å². The minimum atomic E-state index is -0.510. The van der Waals surface area contributed by atoms with E-state index in [0.717, 1.165) is 0 Å². The van der Waals surface area contributed by atoms with E-state index in [-0.39, 0.29) is 5.91 Å².